The van der Waals surface area contributed by atoms with Crippen LogP contribution in [0, 0.1) is 5.82 Å². The minimum atomic E-state index is -2.86. The van der Waals surface area contributed by atoms with E-state index < -0.39 is 8.25 Å². The van der Waals surface area contributed by atoms with Crippen molar-refractivity contribution >= 4 is 20.0 Å². The van der Waals surface area contributed by atoms with Gasteiger partial charge in [0.15, 0.2) is 0 Å². The first-order valence-corrected chi connectivity index (χ1v) is 12.8. The first-order chi connectivity index (χ1) is 15.1. The van der Waals surface area contributed by atoms with Gasteiger partial charge in [-0.1, -0.05) is 36.8 Å². The molecule has 3 rings (SSSR count). The SMILES string of the molecule is O=[PH](O)OCCCNCc1cc(F)c(SCCCCC2(c3ccccc3)COC2)cn1. The minimum absolute atomic E-state index is 0.149. The quantitative estimate of drug-likeness (QED) is 0.243. The van der Waals surface area contributed by atoms with Gasteiger partial charge in [0.2, 0.25) is 0 Å². The highest BCUT2D eigenvalue weighted by Gasteiger charge is 2.39. The summed E-state index contributed by atoms with van der Waals surface area (Å²) in [5.74, 6) is 0.614. The summed E-state index contributed by atoms with van der Waals surface area (Å²) in [5.41, 5.74) is 2.13. The van der Waals surface area contributed by atoms with Gasteiger partial charge in [-0.3, -0.25) is 9.55 Å². The van der Waals surface area contributed by atoms with Gasteiger partial charge in [0.25, 0.3) is 0 Å². The molecule has 0 saturated carbocycles. The lowest BCUT2D eigenvalue weighted by Crippen LogP contribution is -2.46. The second-order valence-corrected chi connectivity index (χ2v) is 9.65. The molecule has 1 aromatic carbocycles. The lowest BCUT2D eigenvalue weighted by Gasteiger charge is -2.42. The number of halogens is 1. The third kappa shape index (κ3) is 7.67. The van der Waals surface area contributed by atoms with Crippen molar-refractivity contribution in [3.8, 4) is 0 Å². The Kier molecular flexibility index (Phi) is 9.96. The molecule has 1 saturated heterocycles. The Bertz CT molecular complexity index is 840. The van der Waals surface area contributed by atoms with Gasteiger partial charge in [-0.15, -0.1) is 11.8 Å². The van der Waals surface area contributed by atoms with E-state index >= 15 is 0 Å². The van der Waals surface area contributed by atoms with Crippen LogP contribution in [0.1, 0.15) is 36.9 Å². The van der Waals surface area contributed by atoms with E-state index in [-0.39, 0.29) is 17.8 Å². The van der Waals surface area contributed by atoms with Crippen molar-refractivity contribution in [3.63, 3.8) is 0 Å². The molecule has 0 aliphatic carbocycles. The molecule has 0 amide bonds. The van der Waals surface area contributed by atoms with Crippen molar-refractivity contribution in [2.75, 3.05) is 32.1 Å². The molecule has 1 aliphatic rings. The molecule has 1 aromatic heterocycles. The van der Waals surface area contributed by atoms with E-state index in [0.717, 1.165) is 38.2 Å². The second-order valence-electron chi connectivity index (χ2n) is 7.70. The van der Waals surface area contributed by atoms with Crippen molar-refractivity contribution in [3.05, 3.63) is 59.7 Å². The van der Waals surface area contributed by atoms with Gasteiger partial charge >= 0.3 is 8.25 Å². The number of thioether (sulfide) groups is 1. The molecule has 2 N–H and O–H groups in total. The van der Waals surface area contributed by atoms with Crippen LogP contribution in [-0.4, -0.2) is 42.0 Å². The van der Waals surface area contributed by atoms with Crippen LogP contribution < -0.4 is 5.32 Å². The molecule has 1 fully saturated rings. The Morgan fingerprint density at radius 2 is 2.06 bits per heavy atom. The minimum Gasteiger partial charge on any atom is -0.379 e. The number of hydrogen-bond donors (Lipinski definition) is 2. The van der Waals surface area contributed by atoms with Gasteiger partial charge in [0.1, 0.15) is 5.82 Å². The van der Waals surface area contributed by atoms with Crippen molar-refractivity contribution in [1.29, 1.82) is 0 Å². The van der Waals surface area contributed by atoms with Gasteiger partial charge in [-0.2, -0.15) is 0 Å². The average Bonchev–Trinajstić information content (AvgIpc) is 2.73. The molecular weight excluding hydrogens is 438 g/mol. The summed E-state index contributed by atoms with van der Waals surface area (Å²) in [7, 11) is -2.86. The Morgan fingerprint density at radius 3 is 2.74 bits per heavy atom. The van der Waals surface area contributed by atoms with Crippen LogP contribution in [0.25, 0.3) is 0 Å². The summed E-state index contributed by atoms with van der Waals surface area (Å²) in [5, 5.41) is 3.12. The topological polar surface area (TPSA) is 80.7 Å². The maximum Gasteiger partial charge on any atom is 0.316 e. The fourth-order valence-electron chi connectivity index (χ4n) is 3.58. The molecule has 0 spiro atoms. The van der Waals surface area contributed by atoms with Crippen LogP contribution in [0.3, 0.4) is 0 Å². The van der Waals surface area contributed by atoms with E-state index in [4.69, 9.17) is 9.63 Å². The van der Waals surface area contributed by atoms with E-state index in [1.165, 1.54) is 23.4 Å². The number of nitrogens with zero attached hydrogens (tertiary/aromatic N) is 1. The molecule has 0 bridgehead atoms. The monoisotopic (exact) mass is 468 g/mol. The lowest BCUT2D eigenvalue weighted by atomic mass is 9.75. The standard InChI is InChI=1S/C22H30FN2O4PS/c23-20-13-19(14-24-10-6-11-29-30(26)27)25-15-21(20)31-12-5-4-9-22(16-28-17-22)18-7-2-1-3-8-18/h1-3,7-8,13,15,24,30H,4-6,9-12,14,16-17H2,(H,26,27). The van der Waals surface area contributed by atoms with Gasteiger partial charge in [0, 0.05) is 18.2 Å². The number of ether oxygens (including phenoxy) is 1. The van der Waals surface area contributed by atoms with E-state index in [1.54, 1.807) is 6.20 Å². The predicted molar refractivity (Wildman–Crippen MR) is 121 cm³/mol. The van der Waals surface area contributed by atoms with E-state index in [9.17, 15) is 8.96 Å². The summed E-state index contributed by atoms with van der Waals surface area (Å²) in [6, 6.07) is 12.0. The highest BCUT2D eigenvalue weighted by atomic mass is 32.2. The van der Waals surface area contributed by atoms with Crippen molar-refractivity contribution in [1.82, 2.24) is 10.3 Å². The fourth-order valence-corrected chi connectivity index (χ4v) is 4.79. The van der Waals surface area contributed by atoms with Crippen LogP contribution in [0.2, 0.25) is 0 Å². The number of aromatic nitrogens is 1. The highest BCUT2D eigenvalue weighted by molar-refractivity contribution is 7.99. The molecule has 2 aromatic rings. The Balaban J connectivity index is 1.34. The molecule has 170 valence electrons. The van der Waals surface area contributed by atoms with E-state index in [1.807, 2.05) is 6.07 Å². The Morgan fingerprint density at radius 1 is 1.26 bits per heavy atom. The number of nitrogens with one attached hydrogen (secondary N) is 1. The number of unbranched alkanes of at least 4 members (excludes halogenated alkanes) is 1. The van der Waals surface area contributed by atoms with Gasteiger partial charge in [-0.25, -0.2) is 4.39 Å². The Hall–Kier alpha value is -1.28. The maximum absolute atomic E-state index is 14.4. The van der Waals surface area contributed by atoms with Crippen LogP contribution in [-0.2, 0) is 25.8 Å². The summed E-state index contributed by atoms with van der Waals surface area (Å²) in [6.45, 7) is 2.84. The summed E-state index contributed by atoms with van der Waals surface area (Å²) in [6.07, 6.45) is 5.39. The molecule has 9 heteroatoms. The smallest absolute Gasteiger partial charge is 0.316 e. The summed E-state index contributed by atoms with van der Waals surface area (Å²) in [4.78, 5) is 13.5. The van der Waals surface area contributed by atoms with Gasteiger partial charge < -0.3 is 19.5 Å². The molecular formula is C22H30FN2O4PS. The number of rotatable bonds is 14. The van der Waals surface area contributed by atoms with Gasteiger partial charge in [0.05, 0.1) is 30.4 Å². The normalized spacial score (nSPS) is 16.1. The molecule has 6 nitrogen and oxygen atoms in total. The number of hydrogen-bond acceptors (Lipinski definition) is 6. The van der Waals surface area contributed by atoms with E-state index in [2.05, 4.69) is 39.1 Å². The first kappa shape index (κ1) is 24.4. The predicted octanol–water partition coefficient (Wildman–Crippen LogP) is 4.33. The zero-order chi connectivity index (χ0) is 21.9. The van der Waals surface area contributed by atoms with Crippen molar-refractivity contribution in [2.24, 2.45) is 0 Å². The van der Waals surface area contributed by atoms with E-state index in [0.29, 0.717) is 30.1 Å². The summed E-state index contributed by atoms with van der Waals surface area (Å²) >= 11 is 1.51. The van der Waals surface area contributed by atoms with Crippen molar-refractivity contribution in [2.45, 2.75) is 42.5 Å². The van der Waals surface area contributed by atoms with Gasteiger partial charge in [-0.05, 0) is 43.2 Å². The molecule has 2 heterocycles. The Labute approximate surface area is 187 Å². The number of benzene rings is 1. The second kappa shape index (κ2) is 12.7. The van der Waals surface area contributed by atoms with Crippen LogP contribution in [0.15, 0.2) is 47.5 Å². The highest BCUT2D eigenvalue weighted by Crippen LogP contribution is 2.37. The molecule has 1 aliphatic heterocycles. The third-order valence-electron chi connectivity index (χ3n) is 5.36. The van der Waals surface area contributed by atoms with Crippen molar-refractivity contribution < 1.29 is 23.1 Å². The lowest BCUT2D eigenvalue weighted by molar-refractivity contribution is -0.0652. The fraction of sp³-hybridized carbons (Fsp3) is 0.500. The average molecular weight is 469 g/mol. The molecule has 0 radical (unpaired) electrons. The first-order valence-electron chi connectivity index (χ1n) is 10.6. The largest absolute Gasteiger partial charge is 0.379 e. The van der Waals surface area contributed by atoms with Crippen LogP contribution in [0.4, 0.5) is 4.39 Å². The zero-order valence-electron chi connectivity index (χ0n) is 17.5. The third-order valence-corrected chi connectivity index (χ3v) is 6.91. The summed E-state index contributed by atoms with van der Waals surface area (Å²) < 4.78 is 34.9. The molecule has 1 unspecified atom stereocenters. The maximum atomic E-state index is 14.4. The molecule has 31 heavy (non-hydrogen) atoms. The van der Waals surface area contributed by atoms with Crippen LogP contribution >= 0.6 is 20.0 Å². The zero-order valence-corrected chi connectivity index (χ0v) is 19.3. The van der Waals surface area contributed by atoms with Crippen LogP contribution in [0.5, 0.6) is 0 Å². The number of pyridine rings is 1. The molecule has 1 atom stereocenters.